The fourth-order valence-corrected chi connectivity index (χ4v) is 2.03. The largest absolute Gasteiger partial charge is 0.493 e. The van der Waals surface area contributed by atoms with Gasteiger partial charge in [-0.15, -0.1) is 11.6 Å². The van der Waals surface area contributed by atoms with Gasteiger partial charge in [-0.2, -0.15) is 0 Å². The molecule has 1 rings (SSSR count). The van der Waals surface area contributed by atoms with E-state index in [0.717, 1.165) is 6.42 Å². The first-order chi connectivity index (χ1) is 9.94. The Bertz CT molecular complexity index is 475. The maximum Gasteiger partial charge on any atom is 0.252 e. The van der Waals surface area contributed by atoms with Crippen LogP contribution in [0.1, 0.15) is 30.6 Å². The van der Waals surface area contributed by atoms with Gasteiger partial charge in [-0.1, -0.05) is 6.92 Å². The number of amides is 1. The minimum atomic E-state index is -0.459. The lowest BCUT2D eigenvalue weighted by atomic mass is 10.0. The molecule has 0 spiro atoms. The van der Waals surface area contributed by atoms with E-state index in [1.165, 1.54) is 21.3 Å². The van der Waals surface area contributed by atoms with Gasteiger partial charge in [0.15, 0.2) is 11.5 Å². The Labute approximate surface area is 130 Å². The molecule has 0 saturated heterocycles. The third kappa shape index (κ3) is 3.94. The van der Waals surface area contributed by atoms with Gasteiger partial charge in [0.1, 0.15) is 0 Å². The fraction of sp³-hybridized carbons (Fsp3) is 0.533. The van der Waals surface area contributed by atoms with Gasteiger partial charge in [0.25, 0.3) is 5.91 Å². The third-order valence-corrected chi connectivity index (χ3v) is 4.01. The Morgan fingerprint density at radius 1 is 1.19 bits per heavy atom. The van der Waals surface area contributed by atoms with Crippen LogP contribution in [0, 0.1) is 0 Å². The van der Waals surface area contributed by atoms with Gasteiger partial charge in [-0.05, 0) is 25.5 Å². The molecule has 6 heteroatoms. The molecule has 0 aliphatic rings. The molecule has 1 unspecified atom stereocenters. The Balaban J connectivity index is 3.16. The summed E-state index contributed by atoms with van der Waals surface area (Å²) in [7, 11) is 4.53. The zero-order valence-electron chi connectivity index (χ0n) is 13.1. The van der Waals surface area contributed by atoms with Crippen molar-refractivity contribution in [2.45, 2.75) is 25.8 Å². The fourth-order valence-electron chi connectivity index (χ4n) is 1.77. The first-order valence-electron chi connectivity index (χ1n) is 6.63. The average molecular weight is 316 g/mol. The molecule has 0 bridgehead atoms. The zero-order valence-corrected chi connectivity index (χ0v) is 13.8. The molecule has 0 aliphatic heterocycles. The predicted octanol–water partition coefficient (Wildman–Crippen LogP) is 2.85. The van der Waals surface area contributed by atoms with E-state index in [1.54, 1.807) is 12.1 Å². The number of nitrogens with one attached hydrogen (secondary N) is 1. The smallest absolute Gasteiger partial charge is 0.252 e. The monoisotopic (exact) mass is 315 g/mol. The van der Waals surface area contributed by atoms with Crippen molar-refractivity contribution in [2.24, 2.45) is 0 Å². The topological polar surface area (TPSA) is 56.8 Å². The van der Waals surface area contributed by atoms with Crippen LogP contribution in [0.15, 0.2) is 12.1 Å². The zero-order chi connectivity index (χ0) is 16.0. The third-order valence-electron chi connectivity index (χ3n) is 3.42. The molecule has 0 radical (unpaired) electrons. The van der Waals surface area contributed by atoms with Crippen molar-refractivity contribution in [3.05, 3.63) is 17.7 Å². The molecule has 118 valence electrons. The van der Waals surface area contributed by atoms with Crippen molar-refractivity contribution >= 4 is 17.5 Å². The maximum atomic E-state index is 12.4. The Kier molecular flexibility index (Phi) is 6.15. The predicted molar refractivity (Wildman–Crippen MR) is 83.0 cm³/mol. The van der Waals surface area contributed by atoms with E-state index in [2.05, 4.69) is 5.32 Å². The van der Waals surface area contributed by atoms with Crippen LogP contribution >= 0.6 is 11.6 Å². The normalized spacial score (nSPS) is 13.2. The maximum absolute atomic E-state index is 12.4. The number of rotatable bonds is 7. The Morgan fingerprint density at radius 2 is 1.71 bits per heavy atom. The molecule has 5 nitrogen and oxygen atoms in total. The summed E-state index contributed by atoms with van der Waals surface area (Å²) in [6.45, 7) is 3.87. The quantitative estimate of drug-likeness (QED) is 0.786. The molecular formula is C15H22ClNO4. The number of ether oxygens (including phenoxy) is 3. The molecule has 0 aliphatic carbocycles. The molecule has 1 aromatic rings. The van der Waals surface area contributed by atoms with Crippen LogP contribution in [0.25, 0.3) is 0 Å². The number of methoxy groups -OCH3 is 3. The van der Waals surface area contributed by atoms with Crippen LogP contribution in [0.2, 0.25) is 0 Å². The van der Waals surface area contributed by atoms with Crippen molar-refractivity contribution in [3.8, 4) is 17.2 Å². The summed E-state index contributed by atoms with van der Waals surface area (Å²) in [5, 5.41) is 2.93. The summed E-state index contributed by atoms with van der Waals surface area (Å²) in [5.74, 6) is 1.42. The van der Waals surface area contributed by atoms with E-state index >= 15 is 0 Å². The SMILES string of the molecule is CCC(C)(CCl)NC(=O)c1cc(OC)c(OC)c(OC)c1. The molecule has 0 heterocycles. The summed E-state index contributed by atoms with van der Waals surface area (Å²) < 4.78 is 15.7. The first kappa shape index (κ1) is 17.4. The van der Waals surface area contributed by atoms with E-state index in [9.17, 15) is 4.79 Å². The summed E-state index contributed by atoms with van der Waals surface area (Å²) in [4.78, 5) is 12.4. The van der Waals surface area contributed by atoms with Crippen molar-refractivity contribution in [1.29, 1.82) is 0 Å². The second-order valence-electron chi connectivity index (χ2n) is 4.92. The van der Waals surface area contributed by atoms with Crippen molar-refractivity contribution < 1.29 is 19.0 Å². The lowest BCUT2D eigenvalue weighted by molar-refractivity contribution is 0.0911. The average Bonchev–Trinajstić information content (AvgIpc) is 2.52. The standard InChI is InChI=1S/C15H22ClNO4/c1-6-15(2,9-16)17-14(18)10-7-11(19-3)13(21-5)12(8-10)20-4/h7-8H,6,9H2,1-5H3,(H,17,18). The lowest BCUT2D eigenvalue weighted by Gasteiger charge is -2.27. The van der Waals surface area contributed by atoms with Gasteiger partial charge in [-0.25, -0.2) is 0 Å². The highest BCUT2D eigenvalue weighted by atomic mass is 35.5. The minimum absolute atomic E-state index is 0.237. The van der Waals surface area contributed by atoms with Gasteiger partial charge < -0.3 is 19.5 Å². The molecule has 21 heavy (non-hydrogen) atoms. The summed E-state index contributed by atoms with van der Waals surface area (Å²) in [6.07, 6.45) is 0.729. The van der Waals surface area contributed by atoms with Gasteiger partial charge >= 0.3 is 0 Å². The van der Waals surface area contributed by atoms with Crippen LogP contribution in [0.5, 0.6) is 17.2 Å². The summed E-state index contributed by atoms with van der Waals surface area (Å²) >= 11 is 5.92. The van der Waals surface area contributed by atoms with E-state index in [0.29, 0.717) is 28.7 Å². The Hall–Kier alpha value is -1.62. The molecule has 1 amide bonds. The van der Waals surface area contributed by atoms with E-state index in [1.807, 2.05) is 13.8 Å². The van der Waals surface area contributed by atoms with E-state index in [-0.39, 0.29) is 5.91 Å². The first-order valence-corrected chi connectivity index (χ1v) is 7.16. The summed E-state index contributed by atoms with van der Waals surface area (Å²) in [5.41, 5.74) is -0.0340. The van der Waals surface area contributed by atoms with Crippen LogP contribution in [0.4, 0.5) is 0 Å². The van der Waals surface area contributed by atoms with Crippen molar-refractivity contribution in [1.82, 2.24) is 5.32 Å². The number of halogens is 1. The molecule has 1 aromatic carbocycles. The molecular weight excluding hydrogens is 294 g/mol. The molecule has 0 aromatic heterocycles. The lowest BCUT2D eigenvalue weighted by Crippen LogP contribution is -2.47. The number of hydrogen-bond donors (Lipinski definition) is 1. The number of carbonyl (C=O) groups excluding carboxylic acids is 1. The van der Waals surface area contributed by atoms with E-state index in [4.69, 9.17) is 25.8 Å². The van der Waals surface area contributed by atoms with E-state index < -0.39 is 5.54 Å². The van der Waals surface area contributed by atoms with Crippen LogP contribution < -0.4 is 19.5 Å². The van der Waals surface area contributed by atoms with Gasteiger partial charge in [0.2, 0.25) is 5.75 Å². The van der Waals surface area contributed by atoms with Crippen LogP contribution in [0.3, 0.4) is 0 Å². The number of carbonyl (C=O) groups is 1. The molecule has 1 atom stereocenters. The molecule has 0 saturated carbocycles. The number of benzene rings is 1. The number of hydrogen-bond acceptors (Lipinski definition) is 4. The highest BCUT2D eigenvalue weighted by Gasteiger charge is 2.25. The minimum Gasteiger partial charge on any atom is -0.493 e. The van der Waals surface area contributed by atoms with Crippen molar-refractivity contribution in [2.75, 3.05) is 27.2 Å². The molecule has 0 fully saturated rings. The van der Waals surface area contributed by atoms with Gasteiger partial charge in [0, 0.05) is 11.4 Å². The number of alkyl halides is 1. The summed E-state index contributed by atoms with van der Waals surface area (Å²) in [6, 6.07) is 3.22. The highest BCUT2D eigenvalue weighted by Crippen LogP contribution is 2.38. The Morgan fingerprint density at radius 3 is 2.05 bits per heavy atom. The van der Waals surface area contributed by atoms with Crippen LogP contribution in [-0.4, -0.2) is 38.7 Å². The second-order valence-corrected chi connectivity index (χ2v) is 5.18. The molecule has 1 N–H and O–H groups in total. The van der Waals surface area contributed by atoms with Crippen molar-refractivity contribution in [3.63, 3.8) is 0 Å². The van der Waals surface area contributed by atoms with Gasteiger partial charge in [0.05, 0.1) is 26.9 Å². The highest BCUT2D eigenvalue weighted by molar-refractivity contribution is 6.18. The second kappa shape index (κ2) is 7.41. The van der Waals surface area contributed by atoms with Gasteiger partial charge in [-0.3, -0.25) is 4.79 Å². The van der Waals surface area contributed by atoms with Crippen LogP contribution in [-0.2, 0) is 0 Å².